The molecule has 1 aliphatic rings. The maximum Gasteiger partial charge on any atom is 0.328 e. The number of hydrogen-bond acceptors (Lipinski definition) is 2. The molecule has 3 amide bonds. The van der Waals surface area contributed by atoms with Crippen molar-refractivity contribution in [3.05, 3.63) is 41.1 Å². The number of likely N-dealkylation sites (N-methyl/N-ethyl adjacent to an activating group) is 1. The van der Waals surface area contributed by atoms with Gasteiger partial charge in [-0.25, -0.2) is 4.79 Å². The van der Waals surface area contributed by atoms with Crippen LogP contribution in [0, 0.1) is 6.92 Å². The van der Waals surface area contributed by atoms with Gasteiger partial charge in [0.15, 0.2) is 0 Å². The van der Waals surface area contributed by atoms with E-state index >= 15 is 0 Å². The third-order valence-electron chi connectivity index (χ3n) is 2.57. The second kappa shape index (κ2) is 3.81. The fraction of sp³-hybridized carbons (Fsp3) is 0.167. The van der Waals surface area contributed by atoms with Crippen molar-refractivity contribution in [3.8, 4) is 0 Å². The minimum atomic E-state index is -0.384. The summed E-state index contributed by atoms with van der Waals surface area (Å²) in [7, 11) is 1.45. The topological polar surface area (TPSA) is 49.4 Å². The highest BCUT2D eigenvalue weighted by atomic mass is 16.2. The third kappa shape index (κ3) is 1.69. The van der Waals surface area contributed by atoms with Gasteiger partial charge in [0.1, 0.15) is 5.70 Å². The summed E-state index contributed by atoms with van der Waals surface area (Å²) in [6.45, 7) is 1.96. The Bertz CT molecular complexity index is 492. The van der Waals surface area contributed by atoms with Gasteiger partial charge >= 0.3 is 6.03 Å². The predicted molar refractivity (Wildman–Crippen MR) is 60.5 cm³/mol. The molecule has 16 heavy (non-hydrogen) atoms. The molecular weight excluding hydrogens is 204 g/mol. The van der Waals surface area contributed by atoms with Crippen molar-refractivity contribution < 1.29 is 9.59 Å². The number of urea groups is 1. The summed E-state index contributed by atoms with van der Waals surface area (Å²) in [5, 5.41) is 2.53. The van der Waals surface area contributed by atoms with Crippen molar-refractivity contribution in [2.24, 2.45) is 0 Å². The number of nitrogens with zero attached hydrogens (tertiary/aromatic N) is 1. The molecule has 0 aliphatic carbocycles. The van der Waals surface area contributed by atoms with Crippen LogP contribution in [0.15, 0.2) is 30.0 Å². The second-order valence-electron chi connectivity index (χ2n) is 3.71. The number of hydrogen-bond donors (Lipinski definition) is 1. The van der Waals surface area contributed by atoms with E-state index in [9.17, 15) is 9.59 Å². The van der Waals surface area contributed by atoms with Gasteiger partial charge in [-0.1, -0.05) is 24.3 Å². The lowest BCUT2D eigenvalue weighted by Crippen LogP contribution is -2.25. The number of aryl methyl sites for hydroxylation is 1. The molecule has 1 aliphatic heterocycles. The molecule has 1 saturated heterocycles. The van der Waals surface area contributed by atoms with Crippen LogP contribution in [0.3, 0.4) is 0 Å². The summed E-state index contributed by atoms with van der Waals surface area (Å²) in [5.41, 5.74) is 2.31. The highest BCUT2D eigenvalue weighted by molar-refractivity contribution is 6.13. The highest BCUT2D eigenvalue weighted by Gasteiger charge is 2.29. The zero-order chi connectivity index (χ0) is 11.7. The molecule has 4 heteroatoms. The van der Waals surface area contributed by atoms with E-state index in [0.29, 0.717) is 5.70 Å². The van der Waals surface area contributed by atoms with Gasteiger partial charge < -0.3 is 5.32 Å². The van der Waals surface area contributed by atoms with Crippen LogP contribution in [-0.4, -0.2) is 23.9 Å². The summed E-state index contributed by atoms with van der Waals surface area (Å²) in [6.07, 6.45) is 1.69. The lowest BCUT2D eigenvalue weighted by atomic mass is 10.1. The molecular formula is C12H12N2O2. The Hall–Kier alpha value is -2.10. The maximum absolute atomic E-state index is 11.6. The largest absolute Gasteiger partial charge is 0.328 e. The predicted octanol–water partition coefficient (Wildman–Crippen LogP) is 1.52. The number of amides is 3. The normalized spacial score (nSPS) is 18.1. The molecule has 0 aromatic heterocycles. The molecule has 4 nitrogen and oxygen atoms in total. The molecule has 82 valence electrons. The van der Waals surface area contributed by atoms with E-state index in [-0.39, 0.29) is 11.9 Å². The maximum atomic E-state index is 11.6. The first-order valence-electron chi connectivity index (χ1n) is 4.96. The number of carbonyl (C=O) groups is 2. The Morgan fingerprint density at radius 3 is 2.50 bits per heavy atom. The lowest BCUT2D eigenvalue weighted by molar-refractivity contribution is -0.121. The fourth-order valence-electron chi connectivity index (χ4n) is 1.53. The third-order valence-corrected chi connectivity index (χ3v) is 2.57. The molecule has 2 rings (SSSR count). The summed E-state index contributed by atoms with van der Waals surface area (Å²) < 4.78 is 0. The van der Waals surface area contributed by atoms with Gasteiger partial charge in [-0.05, 0) is 24.1 Å². The van der Waals surface area contributed by atoms with Crippen molar-refractivity contribution in [2.45, 2.75) is 6.92 Å². The minimum Gasteiger partial charge on any atom is -0.303 e. The molecule has 0 spiro atoms. The highest BCUT2D eigenvalue weighted by Crippen LogP contribution is 2.15. The molecule has 1 fully saturated rings. The average Bonchev–Trinajstić information content (AvgIpc) is 2.50. The number of carbonyl (C=O) groups excluding carboxylic acids is 2. The monoisotopic (exact) mass is 216 g/mol. The number of imide groups is 1. The molecule has 1 heterocycles. The minimum absolute atomic E-state index is 0.298. The van der Waals surface area contributed by atoms with Gasteiger partial charge in [-0.2, -0.15) is 0 Å². The molecule has 0 radical (unpaired) electrons. The first kappa shape index (κ1) is 10.4. The van der Waals surface area contributed by atoms with Crippen LogP contribution in [0.5, 0.6) is 0 Å². The number of rotatable bonds is 1. The smallest absolute Gasteiger partial charge is 0.303 e. The Morgan fingerprint density at radius 2 is 1.94 bits per heavy atom. The second-order valence-corrected chi connectivity index (χ2v) is 3.71. The van der Waals surface area contributed by atoms with E-state index in [4.69, 9.17) is 0 Å². The van der Waals surface area contributed by atoms with Crippen LogP contribution in [0.2, 0.25) is 0 Å². The van der Waals surface area contributed by atoms with E-state index in [1.807, 2.05) is 31.2 Å². The van der Waals surface area contributed by atoms with Crippen molar-refractivity contribution in [3.63, 3.8) is 0 Å². The summed E-state index contributed by atoms with van der Waals surface area (Å²) in [4.78, 5) is 23.9. The molecule has 0 unspecified atom stereocenters. The molecule has 0 atom stereocenters. The quantitative estimate of drug-likeness (QED) is 0.571. The van der Waals surface area contributed by atoms with Gasteiger partial charge in [-0.3, -0.25) is 9.69 Å². The van der Waals surface area contributed by atoms with Crippen molar-refractivity contribution >= 4 is 18.0 Å². The Morgan fingerprint density at radius 1 is 1.25 bits per heavy atom. The Labute approximate surface area is 93.6 Å². The van der Waals surface area contributed by atoms with Crippen LogP contribution in [0.25, 0.3) is 6.08 Å². The van der Waals surface area contributed by atoms with Gasteiger partial charge in [-0.15, -0.1) is 0 Å². The summed E-state index contributed by atoms with van der Waals surface area (Å²) in [6, 6.07) is 7.30. The fourth-order valence-corrected chi connectivity index (χ4v) is 1.53. The van der Waals surface area contributed by atoms with Crippen molar-refractivity contribution in [2.75, 3.05) is 7.05 Å². The molecule has 1 N–H and O–H groups in total. The SMILES string of the molecule is Cc1ccccc1/C=C1\NC(=O)N(C)C1=O. The Balaban J connectivity index is 2.37. The van der Waals surface area contributed by atoms with Gasteiger partial charge in [0.05, 0.1) is 0 Å². The van der Waals surface area contributed by atoms with Crippen molar-refractivity contribution in [1.29, 1.82) is 0 Å². The Kier molecular flexibility index (Phi) is 2.48. The van der Waals surface area contributed by atoms with Crippen molar-refractivity contribution in [1.82, 2.24) is 10.2 Å². The van der Waals surface area contributed by atoms with Crippen LogP contribution in [0.4, 0.5) is 4.79 Å². The van der Waals surface area contributed by atoms with Crippen LogP contribution >= 0.6 is 0 Å². The first-order chi connectivity index (χ1) is 7.59. The molecule has 0 saturated carbocycles. The average molecular weight is 216 g/mol. The molecule has 0 bridgehead atoms. The molecule has 1 aromatic rings. The standard InChI is InChI=1S/C12H12N2O2/c1-8-5-3-4-6-9(8)7-10-11(15)14(2)12(16)13-10/h3-7H,1-2H3,(H,13,16)/b10-7-. The van der Waals surface area contributed by atoms with E-state index in [2.05, 4.69) is 5.32 Å². The van der Waals surface area contributed by atoms with E-state index in [1.165, 1.54) is 7.05 Å². The number of nitrogens with one attached hydrogen (secondary N) is 1. The molecule has 1 aromatic carbocycles. The summed E-state index contributed by atoms with van der Waals surface area (Å²) in [5.74, 6) is -0.298. The van der Waals surface area contributed by atoms with Crippen LogP contribution < -0.4 is 5.32 Å². The van der Waals surface area contributed by atoms with Crippen LogP contribution in [0.1, 0.15) is 11.1 Å². The van der Waals surface area contributed by atoms with Gasteiger partial charge in [0.25, 0.3) is 5.91 Å². The summed E-state index contributed by atoms with van der Waals surface area (Å²) >= 11 is 0. The van der Waals surface area contributed by atoms with Gasteiger partial charge in [0.2, 0.25) is 0 Å². The van der Waals surface area contributed by atoms with Crippen LogP contribution in [-0.2, 0) is 4.79 Å². The first-order valence-corrected chi connectivity index (χ1v) is 4.96. The zero-order valence-electron chi connectivity index (χ0n) is 9.15. The van der Waals surface area contributed by atoms with Gasteiger partial charge in [0, 0.05) is 7.05 Å². The lowest BCUT2D eigenvalue weighted by Gasteiger charge is -2.01. The number of benzene rings is 1. The zero-order valence-corrected chi connectivity index (χ0v) is 9.15. The van der Waals surface area contributed by atoms with E-state index in [1.54, 1.807) is 6.08 Å². The van der Waals surface area contributed by atoms with E-state index in [0.717, 1.165) is 16.0 Å². The van der Waals surface area contributed by atoms with E-state index < -0.39 is 0 Å².